The number of sulfonamides is 1. The smallest absolute Gasteiger partial charge is 0.321 e. The van der Waals surface area contributed by atoms with Crippen molar-refractivity contribution in [2.75, 3.05) is 13.2 Å². The maximum atomic E-state index is 12.8. The van der Waals surface area contributed by atoms with Gasteiger partial charge in [0.25, 0.3) is 5.91 Å². The monoisotopic (exact) mass is 399 g/mol. The molecule has 11 heteroatoms. The van der Waals surface area contributed by atoms with Gasteiger partial charge in [0.15, 0.2) is 12.4 Å². The summed E-state index contributed by atoms with van der Waals surface area (Å²) in [5.74, 6) is -1.81. The molecule has 0 aliphatic rings. The third kappa shape index (κ3) is 5.86. The highest BCUT2D eigenvalue weighted by Gasteiger charge is 2.25. The molecule has 0 spiro atoms. The van der Waals surface area contributed by atoms with E-state index < -0.39 is 40.9 Å². The van der Waals surface area contributed by atoms with Gasteiger partial charge in [-0.25, -0.2) is 12.8 Å². The van der Waals surface area contributed by atoms with Crippen LogP contribution in [-0.4, -0.2) is 38.6 Å². The van der Waals surface area contributed by atoms with E-state index >= 15 is 0 Å². The lowest BCUT2D eigenvalue weighted by atomic mass is 10.2. The summed E-state index contributed by atoms with van der Waals surface area (Å²) < 4.78 is 48.6. The van der Waals surface area contributed by atoms with Crippen LogP contribution in [0.4, 0.5) is 4.39 Å². The van der Waals surface area contributed by atoms with Gasteiger partial charge >= 0.3 is 5.97 Å². The lowest BCUT2D eigenvalue weighted by Gasteiger charge is -2.08. The molecule has 0 aliphatic heterocycles. The number of carbonyl (C=O) groups excluding carboxylic acids is 2. The summed E-state index contributed by atoms with van der Waals surface area (Å²) in [4.78, 5) is 23.1. The Morgan fingerprint density at radius 3 is 2.48 bits per heavy atom. The number of aromatic nitrogens is 1. The first-order chi connectivity index (χ1) is 12.7. The number of rotatable bonds is 8. The molecule has 0 bridgehead atoms. The molecule has 0 aliphatic carbocycles. The summed E-state index contributed by atoms with van der Waals surface area (Å²) in [6.45, 7) is 1.78. The van der Waals surface area contributed by atoms with Crippen LogP contribution in [0.5, 0.6) is 0 Å². The summed E-state index contributed by atoms with van der Waals surface area (Å²) in [5, 5.41) is 6.02. The van der Waals surface area contributed by atoms with Crippen LogP contribution in [-0.2, 0) is 30.9 Å². The number of ether oxygens (including phenoxy) is 1. The Labute approximate surface area is 154 Å². The molecule has 0 saturated heterocycles. The third-order valence-corrected chi connectivity index (χ3v) is 5.06. The van der Waals surface area contributed by atoms with E-state index in [0.29, 0.717) is 5.56 Å². The van der Waals surface area contributed by atoms with Crippen molar-refractivity contribution in [2.45, 2.75) is 25.3 Å². The number of nitrogens with one attached hydrogen (secondary N) is 2. The summed E-state index contributed by atoms with van der Waals surface area (Å²) >= 11 is 0. The normalized spacial score (nSPS) is 11.2. The fraction of sp³-hybridized carbons (Fsp3) is 0.312. The first-order valence-electron chi connectivity index (χ1n) is 7.78. The number of carbonyl (C=O) groups is 2. The predicted molar refractivity (Wildman–Crippen MR) is 90.4 cm³/mol. The molecule has 1 aromatic carbocycles. The maximum absolute atomic E-state index is 12.8. The number of hydrogen-bond acceptors (Lipinski definition) is 7. The number of amides is 1. The Balaban J connectivity index is 1.75. The highest BCUT2D eigenvalue weighted by molar-refractivity contribution is 7.89. The number of benzene rings is 1. The van der Waals surface area contributed by atoms with Gasteiger partial charge in [0.1, 0.15) is 23.0 Å². The molecular weight excluding hydrogens is 381 g/mol. The number of nitrogens with zero attached hydrogens (tertiary/aromatic N) is 1. The quantitative estimate of drug-likeness (QED) is 0.621. The molecule has 2 rings (SSSR count). The molecule has 1 amide bonds. The van der Waals surface area contributed by atoms with Crippen LogP contribution < -0.4 is 10.0 Å². The average Bonchev–Trinajstić information content (AvgIpc) is 2.97. The lowest BCUT2D eigenvalue weighted by molar-refractivity contribution is -0.147. The zero-order valence-corrected chi connectivity index (χ0v) is 15.4. The molecule has 2 aromatic rings. The molecule has 146 valence electrons. The highest BCUT2D eigenvalue weighted by atomic mass is 32.2. The third-order valence-electron chi connectivity index (χ3n) is 3.41. The van der Waals surface area contributed by atoms with E-state index in [2.05, 4.69) is 15.2 Å². The fourth-order valence-electron chi connectivity index (χ4n) is 2.14. The van der Waals surface area contributed by atoms with Crippen LogP contribution >= 0.6 is 0 Å². The predicted octanol–water partition coefficient (Wildman–Crippen LogP) is 0.568. The van der Waals surface area contributed by atoms with Crippen molar-refractivity contribution in [1.82, 2.24) is 15.2 Å². The van der Waals surface area contributed by atoms with E-state index in [4.69, 9.17) is 9.26 Å². The van der Waals surface area contributed by atoms with Crippen LogP contribution in [0, 0.1) is 19.7 Å². The fourth-order valence-corrected chi connectivity index (χ4v) is 3.43. The van der Waals surface area contributed by atoms with E-state index in [-0.39, 0.29) is 22.9 Å². The maximum Gasteiger partial charge on any atom is 0.321 e. The summed E-state index contributed by atoms with van der Waals surface area (Å²) in [6.07, 6.45) is 0. The van der Waals surface area contributed by atoms with Crippen LogP contribution in [0.2, 0.25) is 0 Å². The van der Waals surface area contributed by atoms with E-state index in [1.807, 2.05) is 0 Å². The van der Waals surface area contributed by atoms with Crippen LogP contribution in [0.3, 0.4) is 0 Å². The van der Waals surface area contributed by atoms with E-state index in [9.17, 15) is 22.4 Å². The SMILES string of the molecule is Cc1noc(C)c1S(=O)(=O)NCC(=O)OCC(=O)NCc1ccc(F)cc1. The molecule has 1 heterocycles. The van der Waals surface area contributed by atoms with Gasteiger partial charge in [0.05, 0.1) is 0 Å². The van der Waals surface area contributed by atoms with Gasteiger partial charge in [-0.1, -0.05) is 17.3 Å². The van der Waals surface area contributed by atoms with Gasteiger partial charge in [-0.3, -0.25) is 9.59 Å². The Morgan fingerprint density at radius 2 is 1.89 bits per heavy atom. The number of esters is 1. The molecule has 0 radical (unpaired) electrons. The van der Waals surface area contributed by atoms with Crippen molar-refractivity contribution in [3.63, 3.8) is 0 Å². The number of hydrogen-bond donors (Lipinski definition) is 2. The molecule has 27 heavy (non-hydrogen) atoms. The van der Waals surface area contributed by atoms with Crippen molar-refractivity contribution in [2.24, 2.45) is 0 Å². The minimum Gasteiger partial charge on any atom is -0.455 e. The van der Waals surface area contributed by atoms with Crippen molar-refractivity contribution in [3.05, 3.63) is 47.1 Å². The van der Waals surface area contributed by atoms with Crippen molar-refractivity contribution < 1.29 is 31.7 Å². The molecule has 0 fully saturated rings. The molecule has 9 nitrogen and oxygen atoms in total. The first-order valence-corrected chi connectivity index (χ1v) is 9.26. The van der Waals surface area contributed by atoms with E-state index in [1.165, 1.54) is 38.1 Å². The largest absolute Gasteiger partial charge is 0.455 e. The average molecular weight is 399 g/mol. The summed E-state index contributed by atoms with van der Waals surface area (Å²) in [6, 6.07) is 5.52. The van der Waals surface area contributed by atoms with Crippen LogP contribution in [0.25, 0.3) is 0 Å². The molecule has 1 aromatic heterocycles. The zero-order valence-electron chi connectivity index (χ0n) is 14.6. The van der Waals surface area contributed by atoms with Gasteiger partial charge in [-0.15, -0.1) is 0 Å². The first kappa shape index (κ1) is 20.5. The lowest BCUT2D eigenvalue weighted by Crippen LogP contribution is -2.34. The van der Waals surface area contributed by atoms with Crippen molar-refractivity contribution >= 4 is 21.9 Å². The number of halogens is 1. The van der Waals surface area contributed by atoms with E-state index in [0.717, 1.165) is 0 Å². The second-order valence-corrected chi connectivity index (χ2v) is 7.25. The topological polar surface area (TPSA) is 128 Å². The minimum atomic E-state index is -4.00. The highest BCUT2D eigenvalue weighted by Crippen LogP contribution is 2.18. The number of aryl methyl sites for hydroxylation is 2. The van der Waals surface area contributed by atoms with Gasteiger partial charge in [-0.2, -0.15) is 4.72 Å². The molecule has 0 unspecified atom stereocenters. The Hall–Kier alpha value is -2.79. The second kappa shape index (κ2) is 8.73. The molecule has 0 saturated carbocycles. The summed E-state index contributed by atoms with van der Waals surface area (Å²) in [7, 11) is -4.00. The van der Waals surface area contributed by atoms with Gasteiger partial charge in [0.2, 0.25) is 10.0 Å². The Morgan fingerprint density at radius 1 is 1.22 bits per heavy atom. The van der Waals surface area contributed by atoms with Gasteiger partial charge < -0.3 is 14.6 Å². The van der Waals surface area contributed by atoms with Crippen molar-refractivity contribution in [1.29, 1.82) is 0 Å². The molecule has 0 atom stereocenters. The van der Waals surface area contributed by atoms with Crippen LogP contribution in [0.1, 0.15) is 17.0 Å². The van der Waals surface area contributed by atoms with Crippen molar-refractivity contribution in [3.8, 4) is 0 Å². The van der Waals surface area contributed by atoms with Crippen LogP contribution in [0.15, 0.2) is 33.7 Å². The molecule has 2 N–H and O–H groups in total. The summed E-state index contributed by atoms with van der Waals surface area (Å²) in [5.41, 5.74) is 0.830. The second-order valence-electron chi connectivity index (χ2n) is 5.54. The van der Waals surface area contributed by atoms with E-state index in [1.54, 1.807) is 0 Å². The van der Waals surface area contributed by atoms with Gasteiger partial charge in [-0.05, 0) is 31.5 Å². The minimum absolute atomic E-state index is 0.0912. The standard InChI is InChI=1S/C16H18FN3O6S/c1-10-16(11(2)26-20-10)27(23,24)19-8-15(22)25-9-14(21)18-7-12-3-5-13(17)6-4-12/h3-6,19H,7-9H2,1-2H3,(H,18,21). The zero-order chi connectivity index (χ0) is 20.0. The van der Waals surface area contributed by atoms with Gasteiger partial charge in [0, 0.05) is 6.54 Å². The Bertz CT molecular complexity index is 905. The molecular formula is C16H18FN3O6S. The Kier molecular flexibility index (Phi) is 6.64.